The number of ether oxygens (including phenoxy) is 1. The van der Waals surface area contributed by atoms with Crippen LogP contribution in [0, 0.1) is 0 Å². The molecular formula is C12H8ClNO2. The molecule has 80 valence electrons. The van der Waals surface area contributed by atoms with Crippen LogP contribution in [0.5, 0.6) is 11.6 Å². The molecule has 0 aliphatic heterocycles. The van der Waals surface area contributed by atoms with Crippen molar-refractivity contribution in [2.75, 3.05) is 0 Å². The van der Waals surface area contributed by atoms with E-state index in [0.717, 1.165) is 0 Å². The second kappa shape index (κ2) is 4.77. The fourth-order valence-electron chi connectivity index (χ4n) is 1.24. The Labute approximate surface area is 97.7 Å². The lowest BCUT2D eigenvalue weighted by Crippen LogP contribution is -1.92. The van der Waals surface area contributed by atoms with Gasteiger partial charge in [0.15, 0.2) is 12.0 Å². The Morgan fingerprint density at radius 3 is 2.75 bits per heavy atom. The average Bonchev–Trinajstić information content (AvgIpc) is 2.33. The highest BCUT2D eigenvalue weighted by Gasteiger charge is 2.09. The third-order valence-corrected chi connectivity index (χ3v) is 2.27. The van der Waals surface area contributed by atoms with E-state index in [-0.39, 0.29) is 0 Å². The normalized spacial score (nSPS) is 9.81. The van der Waals surface area contributed by atoms with Crippen LogP contribution in [-0.2, 0) is 0 Å². The van der Waals surface area contributed by atoms with Crippen molar-refractivity contribution in [2.24, 2.45) is 0 Å². The van der Waals surface area contributed by atoms with Gasteiger partial charge in [0, 0.05) is 12.3 Å². The number of halogens is 1. The van der Waals surface area contributed by atoms with Gasteiger partial charge >= 0.3 is 0 Å². The van der Waals surface area contributed by atoms with E-state index in [1.165, 1.54) is 0 Å². The van der Waals surface area contributed by atoms with E-state index >= 15 is 0 Å². The molecule has 0 saturated carbocycles. The summed E-state index contributed by atoms with van der Waals surface area (Å²) in [5, 5.41) is 0.384. The van der Waals surface area contributed by atoms with Gasteiger partial charge in [0.05, 0.1) is 10.6 Å². The van der Waals surface area contributed by atoms with Crippen molar-refractivity contribution in [1.29, 1.82) is 0 Å². The summed E-state index contributed by atoms with van der Waals surface area (Å²) < 4.78 is 5.46. The number of aromatic nitrogens is 1. The molecule has 0 radical (unpaired) electrons. The van der Waals surface area contributed by atoms with Crippen molar-refractivity contribution in [3.63, 3.8) is 0 Å². The van der Waals surface area contributed by atoms with Crippen molar-refractivity contribution >= 4 is 17.9 Å². The van der Waals surface area contributed by atoms with Gasteiger partial charge in [0.25, 0.3) is 0 Å². The molecular weight excluding hydrogens is 226 g/mol. The lowest BCUT2D eigenvalue weighted by molar-refractivity contribution is 0.112. The lowest BCUT2D eigenvalue weighted by Gasteiger charge is -2.08. The second-order valence-corrected chi connectivity index (χ2v) is 3.45. The van der Waals surface area contributed by atoms with Crippen LogP contribution in [0.1, 0.15) is 10.4 Å². The third-order valence-electron chi connectivity index (χ3n) is 1.97. The fraction of sp³-hybridized carbons (Fsp3) is 0. The number of rotatable bonds is 3. The molecule has 0 bridgehead atoms. The number of benzene rings is 1. The minimum Gasteiger partial charge on any atom is -0.437 e. The average molecular weight is 234 g/mol. The van der Waals surface area contributed by atoms with Crippen molar-refractivity contribution in [2.45, 2.75) is 0 Å². The smallest absolute Gasteiger partial charge is 0.219 e. The highest BCUT2D eigenvalue weighted by atomic mass is 35.5. The summed E-state index contributed by atoms with van der Waals surface area (Å²) in [6.07, 6.45) is 2.30. The Balaban J connectivity index is 2.38. The maximum Gasteiger partial charge on any atom is 0.219 e. The molecule has 2 aromatic rings. The number of para-hydroxylation sites is 1. The zero-order valence-corrected chi connectivity index (χ0v) is 9.02. The van der Waals surface area contributed by atoms with Crippen LogP contribution < -0.4 is 4.74 Å². The summed E-state index contributed by atoms with van der Waals surface area (Å²) in [4.78, 5) is 14.8. The van der Waals surface area contributed by atoms with Gasteiger partial charge in [-0.05, 0) is 18.2 Å². The molecule has 0 N–H and O–H groups in total. The Bertz CT molecular complexity index is 500. The predicted octanol–water partition coefficient (Wildman–Crippen LogP) is 3.34. The summed E-state index contributed by atoms with van der Waals surface area (Å²) in [7, 11) is 0. The molecule has 0 atom stereocenters. The molecule has 3 nitrogen and oxygen atoms in total. The maximum atomic E-state index is 10.8. The summed E-state index contributed by atoms with van der Waals surface area (Å²) in [6, 6.07) is 10.2. The molecule has 0 spiro atoms. The van der Waals surface area contributed by atoms with Crippen LogP contribution in [0.15, 0.2) is 42.6 Å². The monoisotopic (exact) mass is 233 g/mol. The molecule has 0 aliphatic rings. The van der Waals surface area contributed by atoms with E-state index in [4.69, 9.17) is 16.3 Å². The van der Waals surface area contributed by atoms with E-state index in [0.29, 0.717) is 28.5 Å². The summed E-state index contributed by atoms with van der Waals surface area (Å²) in [6.45, 7) is 0. The van der Waals surface area contributed by atoms with Gasteiger partial charge in [0.1, 0.15) is 0 Å². The van der Waals surface area contributed by atoms with E-state index < -0.39 is 0 Å². The highest BCUT2D eigenvalue weighted by Crippen LogP contribution is 2.30. The molecule has 0 saturated heterocycles. The van der Waals surface area contributed by atoms with Crippen LogP contribution in [0.25, 0.3) is 0 Å². The van der Waals surface area contributed by atoms with Crippen molar-refractivity contribution in [3.8, 4) is 11.6 Å². The van der Waals surface area contributed by atoms with Gasteiger partial charge < -0.3 is 4.74 Å². The van der Waals surface area contributed by atoms with Gasteiger partial charge in [-0.15, -0.1) is 0 Å². The zero-order chi connectivity index (χ0) is 11.4. The molecule has 1 aromatic heterocycles. The van der Waals surface area contributed by atoms with Crippen molar-refractivity contribution in [1.82, 2.24) is 4.98 Å². The van der Waals surface area contributed by atoms with Gasteiger partial charge in [0.2, 0.25) is 5.88 Å². The van der Waals surface area contributed by atoms with Crippen LogP contribution in [0.2, 0.25) is 5.02 Å². The Morgan fingerprint density at radius 1 is 1.19 bits per heavy atom. The Kier molecular flexibility index (Phi) is 3.17. The summed E-state index contributed by atoms with van der Waals surface area (Å²) in [5.74, 6) is 0.733. The first-order chi connectivity index (χ1) is 7.81. The van der Waals surface area contributed by atoms with E-state index in [2.05, 4.69) is 4.98 Å². The van der Waals surface area contributed by atoms with E-state index in [1.807, 2.05) is 0 Å². The van der Waals surface area contributed by atoms with Crippen molar-refractivity contribution in [3.05, 3.63) is 53.2 Å². The maximum absolute atomic E-state index is 10.8. The molecule has 1 heterocycles. The summed E-state index contributed by atoms with van der Waals surface area (Å²) in [5.41, 5.74) is 0.401. The molecule has 4 heteroatoms. The zero-order valence-electron chi connectivity index (χ0n) is 8.26. The van der Waals surface area contributed by atoms with Crippen LogP contribution in [-0.4, -0.2) is 11.3 Å². The Hall–Kier alpha value is -1.87. The SMILES string of the molecule is O=Cc1cccc(Cl)c1Oc1ccccn1. The fourth-order valence-corrected chi connectivity index (χ4v) is 1.46. The first-order valence-corrected chi connectivity index (χ1v) is 5.01. The number of hydrogen-bond acceptors (Lipinski definition) is 3. The van der Waals surface area contributed by atoms with E-state index in [9.17, 15) is 4.79 Å². The van der Waals surface area contributed by atoms with Crippen LogP contribution in [0.4, 0.5) is 0 Å². The van der Waals surface area contributed by atoms with E-state index in [1.54, 1.807) is 42.6 Å². The number of aldehydes is 1. The first kappa shape index (κ1) is 10.6. The number of carbonyl (C=O) groups is 1. The minimum atomic E-state index is 0.331. The summed E-state index contributed by atoms with van der Waals surface area (Å²) >= 11 is 5.95. The molecule has 16 heavy (non-hydrogen) atoms. The minimum absolute atomic E-state index is 0.331. The number of nitrogens with zero attached hydrogens (tertiary/aromatic N) is 1. The number of hydrogen-bond donors (Lipinski definition) is 0. The van der Waals surface area contributed by atoms with Gasteiger partial charge in [-0.2, -0.15) is 0 Å². The molecule has 0 amide bonds. The quantitative estimate of drug-likeness (QED) is 0.764. The largest absolute Gasteiger partial charge is 0.437 e. The molecule has 2 rings (SSSR count). The highest BCUT2D eigenvalue weighted by molar-refractivity contribution is 6.32. The predicted molar refractivity (Wildman–Crippen MR) is 61.2 cm³/mol. The van der Waals surface area contributed by atoms with Crippen LogP contribution >= 0.6 is 11.6 Å². The molecule has 0 fully saturated rings. The lowest BCUT2D eigenvalue weighted by atomic mass is 10.2. The standard InChI is InChI=1S/C12H8ClNO2/c13-10-5-3-4-9(8-15)12(10)16-11-6-1-2-7-14-11/h1-8H. The molecule has 0 aliphatic carbocycles. The third kappa shape index (κ3) is 2.20. The van der Waals surface area contributed by atoms with Crippen LogP contribution in [0.3, 0.4) is 0 Å². The van der Waals surface area contributed by atoms with Gasteiger partial charge in [-0.1, -0.05) is 23.7 Å². The Morgan fingerprint density at radius 2 is 2.06 bits per heavy atom. The first-order valence-electron chi connectivity index (χ1n) is 4.64. The van der Waals surface area contributed by atoms with Crippen molar-refractivity contribution < 1.29 is 9.53 Å². The second-order valence-electron chi connectivity index (χ2n) is 3.05. The van der Waals surface area contributed by atoms with Gasteiger partial charge in [-0.3, -0.25) is 4.79 Å². The molecule has 0 unspecified atom stereocenters. The number of pyridine rings is 1. The number of carbonyl (C=O) groups excluding carboxylic acids is 1. The topological polar surface area (TPSA) is 39.2 Å². The van der Waals surface area contributed by atoms with Gasteiger partial charge in [-0.25, -0.2) is 4.98 Å². The molecule has 1 aromatic carbocycles.